The zero-order valence-corrected chi connectivity index (χ0v) is 18.5. The fraction of sp³-hybridized carbons (Fsp3) is 0.611. The van der Waals surface area contributed by atoms with E-state index in [1.165, 1.54) is 0 Å². The maximum Gasteiger partial charge on any atom is 0.191 e. The molecule has 0 aliphatic rings. The van der Waals surface area contributed by atoms with Crippen LogP contribution in [0.4, 0.5) is 0 Å². The molecule has 0 radical (unpaired) electrons. The molecule has 2 N–H and O–H groups in total. The third-order valence-electron chi connectivity index (χ3n) is 3.57. The van der Waals surface area contributed by atoms with Crippen molar-refractivity contribution in [3.8, 4) is 17.2 Å². The monoisotopic (exact) mass is 465 g/mol. The lowest BCUT2D eigenvalue weighted by atomic mass is 10.1. The Kier molecular flexibility index (Phi) is 12.2. The van der Waals surface area contributed by atoms with Crippen LogP contribution in [0.25, 0.3) is 0 Å². The molecule has 0 atom stereocenters. The lowest BCUT2D eigenvalue weighted by Gasteiger charge is -2.15. The molecule has 0 heterocycles. The van der Waals surface area contributed by atoms with E-state index in [1.807, 2.05) is 19.1 Å². The van der Waals surface area contributed by atoms with Crippen molar-refractivity contribution in [1.29, 1.82) is 0 Å². The Hall–Kier alpha value is -1.38. The topological polar surface area (TPSA) is 64.1 Å². The normalized spacial score (nSPS) is 10.9. The molecule has 0 unspecified atom stereocenters. The minimum Gasteiger partial charge on any atom is -0.496 e. The summed E-state index contributed by atoms with van der Waals surface area (Å²) in [7, 11) is 4.88. The van der Waals surface area contributed by atoms with Crippen molar-refractivity contribution >= 4 is 29.9 Å². The van der Waals surface area contributed by atoms with Crippen molar-refractivity contribution in [3.63, 3.8) is 0 Å². The molecule has 0 aromatic heterocycles. The summed E-state index contributed by atoms with van der Waals surface area (Å²) in [5, 5.41) is 6.61. The van der Waals surface area contributed by atoms with E-state index in [0.29, 0.717) is 29.7 Å². The number of hydrogen-bond acceptors (Lipinski definition) is 4. The quantitative estimate of drug-likeness (QED) is 0.333. The summed E-state index contributed by atoms with van der Waals surface area (Å²) in [6, 6.07) is 3.68. The summed E-state index contributed by atoms with van der Waals surface area (Å²) in [6.07, 6.45) is 1.10. The summed E-state index contributed by atoms with van der Waals surface area (Å²) in [5.41, 5.74) is 0.891. The van der Waals surface area contributed by atoms with Gasteiger partial charge in [0.05, 0.1) is 33.4 Å². The van der Waals surface area contributed by atoms with Gasteiger partial charge in [-0.15, -0.1) is 24.0 Å². The molecule has 144 valence electrons. The molecule has 1 aromatic carbocycles. The molecular formula is C18H32IN3O3. The summed E-state index contributed by atoms with van der Waals surface area (Å²) >= 11 is 0. The van der Waals surface area contributed by atoms with E-state index < -0.39 is 0 Å². The fourth-order valence-electron chi connectivity index (χ4n) is 2.21. The minimum absolute atomic E-state index is 0. The third kappa shape index (κ3) is 8.02. The Bertz CT molecular complexity index is 511. The van der Waals surface area contributed by atoms with E-state index in [9.17, 15) is 0 Å². The summed E-state index contributed by atoms with van der Waals surface area (Å²) < 4.78 is 16.2. The third-order valence-corrected chi connectivity index (χ3v) is 3.57. The van der Waals surface area contributed by atoms with E-state index >= 15 is 0 Å². The number of nitrogens with zero attached hydrogens (tertiary/aromatic N) is 1. The summed E-state index contributed by atoms with van der Waals surface area (Å²) in [6.45, 7) is 8.62. The number of guanidine groups is 1. The van der Waals surface area contributed by atoms with E-state index in [-0.39, 0.29) is 24.0 Å². The molecule has 7 heteroatoms. The molecule has 0 aliphatic heterocycles. The average molecular weight is 465 g/mol. The highest BCUT2D eigenvalue weighted by Crippen LogP contribution is 2.34. The van der Waals surface area contributed by atoms with Crippen LogP contribution in [0.15, 0.2) is 17.1 Å². The largest absolute Gasteiger partial charge is 0.496 e. The van der Waals surface area contributed by atoms with Gasteiger partial charge in [-0.05, 0) is 19.3 Å². The molecule has 6 nitrogen and oxygen atoms in total. The van der Waals surface area contributed by atoms with Gasteiger partial charge in [-0.3, -0.25) is 0 Å². The number of nitrogens with one attached hydrogen (secondary N) is 2. The maximum atomic E-state index is 5.47. The van der Waals surface area contributed by atoms with Crippen LogP contribution in [0, 0.1) is 5.92 Å². The van der Waals surface area contributed by atoms with E-state index in [1.54, 1.807) is 21.3 Å². The van der Waals surface area contributed by atoms with Crippen LogP contribution in [0.3, 0.4) is 0 Å². The highest BCUT2D eigenvalue weighted by Gasteiger charge is 2.13. The van der Waals surface area contributed by atoms with Gasteiger partial charge in [-0.1, -0.05) is 13.8 Å². The second-order valence-electron chi connectivity index (χ2n) is 5.81. The highest BCUT2D eigenvalue weighted by molar-refractivity contribution is 14.0. The van der Waals surface area contributed by atoms with Gasteiger partial charge in [0, 0.05) is 25.2 Å². The summed E-state index contributed by atoms with van der Waals surface area (Å²) in [4.78, 5) is 4.65. The number of halogens is 1. The average Bonchev–Trinajstić information content (AvgIpc) is 2.58. The molecule has 0 amide bonds. The predicted octanol–water partition coefficient (Wildman–Crippen LogP) is 3.43. The second-order valence-corrected chi connectivity index (χ2v) is 5.81. The molecule has 0 saturated carbocycles. The van der Waals surface area contributed by atoms with Gasteiger partial charge >= 0.3 is 0 Å². The van der Waals surface area contributed by atoms with Gasteiger partial charge in [0.25, 0.3) is 0 Å². The van der Waals surface area contributed by atoms with Crippen LogP contribution < -0.4 is 24.8 Å². The van der Waals surface area contributed by atoms with Crippen molar-refractivity contribution in [3.05, 3.63) is 17.7 Å². The first-order chi connectivity index (χ1) is 11.5. The summed E-state index contributed by atoms with van der Waals surface area (Å²) in [5.74, 6) is 3.54. The molecule has 0 fully saturated rings. The first-order valence-electron chi connectivity index (χ1n) is 8.36. The zero-order chi connectivity index (χ0) is 17.9. The van der Waals surface area contributed by atoms with Gasteiger partial charge in [0.1, 0.15) is 17.2 Å². The molecule has 0 aliphatic carbocycles. The van der Waals surface area contributed by atoms with Crippen LogP contribution in [0.1, 0.15) is 32.8 Å². The number of ether oxygens (including phenoxy) is 3. The van der Waals surface area contributed by atoms with E-state index in [0.717, 1.165) is 31.0 Å². The zero-order valence-electron chi connectivity index (χ0n) is 16.1. The first kappa shape index (κ1) is 23.6. The van der Waals surface area contributed by atoms with Crippen molar-refractivity contribution in [1.82, 2.24) is 10.6 Å². The molecule has 1 rings (SSSR count). The molecule has 1 aromatic rings. The van der Waals surface area contributed by atoms with Crippen LogP contribution >= 0.6 is 24.0 Å². The van der Waals surface area contributed by atoms with Gasteiger partial charge in [-0.25, -0.2) is 4.99 Å². The highest BCUT2D eigenvalue weighted by atomic mass is 127. The predicted molar refractivity (Wildman–Crippen MR) is 114 cm³/mol. The number of methoxy groups -OCH3 is 3. The smallest absolute Gasteiger partial charge is 0.191 e. The van der Waals surface area contributed by atoms with Gasteiger partial charge in [0.2, 0.25) is 0 Å². The Labute approximate surface area is 168 Å². The van der Waals surface area contributed by atoms with Crippen molar-refractivity contribution in [2.45, 2.75) is 33.7 Å². The van der Waals surface area contributed by atoms with Crippen LogP contribution in [0.2, 0.25) is 0 Å². The number of rotatable bonds is 9. The van der Waals surface area contributed by atoms with E-state index in [4.69, 9.17) is 14.2 Å². The maximum absolute atomic E-state index is 5.47. The van der Waals surface area contributed by atoms with Crippen LogP contribution in [0.5, 0.6) is 17.2 Å². The Morgan fingerprint density at radius 1 is 1.04 bits per heavy atom. The first-order valence-corrected chi connectivity index (χ1v) is 8.36. The van der Waals surface area contributed by atoms with Crippen molar-refractivity contribution in [2.75, 3.05) is 34.4 Å². The van der Waals surface area contributed by atoms with Gasteiger partial charge in [0.15, 0.2) is 5.96 Å². The molecule has 0 saturated heterocycles. The van der Waals surface area contributed by atoms with Crippen LogP contribution in [-0.2, 0) is 6.54 Å². The fourth-order valence-corrected chi connectivity index (χ4v) is 2.21. The minimum atomic E-state index is 0. The number of hydrogen-bond donors (Lipinski definition) is 2. The Balaban J connectivity index is 0.00000576. The van der Waals surface area contributed by atoms with Gasteiger partial charge < -0.3 is 24.8 Å². The molecule has 0 spiro atoms. The molecular weight excluding hydrogens is 433 g/mol. The van der Waals surface area contributed by atoms with Crippen LogP contribution in [-0.4, -0.2) is 40.4 Å². The molecule has 0 bridgehead atoms. The molecule has 25 heavy (non-hydrogen) atoms. The lowest BCUT2D eigenvalue weighted by molar-refractivity contribution is 0.369. The standard InChI is InChI=1S/C18H31N3O3.HI/c1-7-19-18(20-9-8-13(2)3)21-12-15-16(23-5)10-14(22-4)11-17(15)24-6;/h10-11,13H,7-9,12H2,1-6H3,(H2,19,20,21);1H. The number of aliphatic imine (C=N–C) groups is 1. The Morgan fingerprint density at radius 2 is 1.64 bits per heavy atom. The van der Waals surface area contributed by atoms with Crippen molar-refractivity contribution < 1.29 is 14.2 Å². The van der Waals surface area contributed by atoms with Gasteiger partial charge in [-0.2, -0.15) is 0 Å². The van der Waals surface area contributed by atoms with Crippen molar-refractivity contribution in [2.24, 2.45) is 10.9 Å². The SMILES string of the molecule is CCNC(=NCc1c(OC)cc(OC)cc1OC)NCCC(C)C.I. The number of benzene rings is 1. The Morgan fingerprint density at radius 3 is 2.08 bits per heavy atom. The lowest BCUT2D eigenvalue weighted by Crippen LogP contribution is -2.38. The second kappa shape index (κ2) is 12.9. The van der Waals surface area contributed by atoms with E-state index in [2.05, 4.69) is 29.5 Å².